The van der Waals surface area contributed by atoms with Crippen molar-refractivity contribution >= 4 is 5.91 Å². The summed E-state index contributed by atoms with van der Waals surface area (Å²) in [5, 5.41) is 3.02. The molecule has 3 aromatic rings. The number of benzene rings is 2. The third-order valence-corrected chi connectivity index (χ3v) is 5.47. The highest BCUT2D eigenvalue weighted by Gasteiger charge is 2.10. The van der Waals surface area contributed by atoms with Crippen molar-refractivity contribution in [2.75, 3.05) is 13.1 Å². The number of rotatable bonds is 7. The highest BCUT2D eigenvalue weighted by molar-refractivity contribution is 5.94. The monoisotopic (exact) mass is 388 g/mol. The Labute approximate surface area is 172 Å². The molecule has 1 saturated heterocycles. The van der Waals surface area contributed by atoms with Crippen LogP contribution < -0.4 is 5.32 Å². The first-order valence-electron chi connectivity index (χ1n) is 10.4. The maximum Gasteiger partial charge on any atom is 0.251 e. The van der Waals surface area contributed by atoms with E-state index in [1.807, 2.05) is 35.0 Å². The van der Waals surface area contributed by atoms with E-state index in [-0.39, 0.29) is 5.91 Å². The number of amides is 1. The molecule has 1 fully saturated rings. The van der Waals surface area contributed by atoms with Gasteiger partial charge in [0.1, 0.15) is 0 Å². The van der Waals surface area contributed by atoms with Crippen LogP contribution in [0.15, 0.2) is 67.3 Å². The molecule has 29 heavy (non-hydrogen) atoms. The fourth-order valence-electron chi connectivity index (χ4n) is 3.78. The number of carbonyl (C=O) groups excluding carboxylic acids is 1. The molecule has 2 heterocycles. The van der Waals surface area contributed by atoms with Gasteiger partial charge in [-0.1, -0.05) is 42.8 Å². The number of aromatic nitrogens is 2. The van der Waals surface area contributed by atoms with E-state index >= 15 is 0 Å². The third kappa shape index (κ3) is 5.55. The number of hydrogen-bond donors (Lipinski definition) is 1. The molecule has 0 aliphatic carbocycles. The maximum atomic E-state index is 12.4. The summed E-state index contributed by atoms with van der Waals surface area (Å²) in [7, 11) is 0. The number of likely N-dealkylation sites (tertiary alicyclic amines) is 1. The van der Waals surface area contributed by atoms with Crippen molar-refractivity contribution in [1.82, 2.24) is 19.8 Å². The minimum absolute atomic E-state index is 0.0448. The van der Waals surface area contributed by atoms with Gasteiger partial charge in [-0.15, -0.1) is 0 Å². The van der Waals surface area contributed by atoms with Crippen molar-refractivity contribution in [3.05, 3.63) is 89.5 Å². The fourth-order valence-corrected chi connectivity index (χ4v) is 3.78. The summed E-state index contributed by atoms with van der Waals surface area (Å²) in [5.41, 5.74) is 4.29. The molecule has 0 atom stereocenters. The number of carbonyl (C=O) groups is 1. The molecule has 5 heteroatoms. The number of imidazole rings is 1. The van der Waals surface area contributed by atoms with Crippen molar-refractivity contribution in [1.29, 1.82) is 0 Å². The minimum atomic E-state index is -0.0448. The molecular formula is C24H28N4O. The first kappa shape index (κ1) is 19.4. The summed E-state index contributed by atoms with van der Waals surface area (Å²) < 4.78 is 2.00. The molecule has 0 unspecified atom stereocenters. The first-order valence-corrected chi connectivity index (χ1v) is 10.4. The molecular weight excluding hydrogens is 360 g/mol. The molecule has 1 aliphatic rings. The minimum Gasteiger partial charge on any atom is -0.348 e. The molecule has 0 bridgehead atoms. The van der Waals surface area contributed by atoms with Crippen LogP contribution in [0.25, 0.3) is 0 Å². The zero-order valence-corrected chi connectivity index (χ0v) is 16.8. The Morgan fingerprint density at radius 1 is 0.862 bits per heavy atom. The largest absolute Gasteiger partial charge is 0.348 e. The van der Waals surface area contributed by atoms with Crippen LogP contribution in [0.2, 0.25) is 0 Å². The summed E-state index contributed by atoms with van der Waals surface area (Å²) >= 11 is 0. The maximum absolute atomic E-state index is 12.4. The second-order valence-electron chi connectivity index (χ2n) is 7.77. The summed E-state index contributed by atoms with van der Waals surface area (Å²) in [4.78, 5) is 19.0. The number of piperidine rings is 1. The van der Waals surface area contributed by atoms with Gasteiger partial charge in [-0.05, 0) is 54.8 Å². The normalized spacial score (nSPS) is 14.6. The number of nitrogens with one attached hydrogen (secondary N) is 1. The molecule has 1 amide bonds. The van der Waals surface area contributed by atoms with Crippen LogP contribution in [0.4, 0.5) is 0 Å². The van der Waals surface area contributed by atoms with Gasteiger partial charge in [0.05, 0.1) is 6.33 Å². The second kappa shape index (κ2) is 9.52. The predicted octanol–water partition coefficient (Wildman–Crippen LogP) is 3.85. The molecule has 150 valence electrons. The van der Waals surface area contributed by atoms with Gasteiger partial charge in [-0.2, -0.15) is 0 Å². The molecule has 0 radical (unpaired) electrons. The Kier molecular flexibility index (Phi) is 6.37. The smallest absolute Gasteiger partial charge is 0.251 e. The molecule has 4 rings (SSSR count). The van der Waals surface area contributed by atoms with E-state index in [4.69, 9.17) is 0 Å². The van der Waals surface area contributed by atoms with Crippen LogP contribution >= 0.6 is 0 Å². The van der Waals surface area contributed by atoms with E-state index in [0.717, 1.165) is 24.2 Å². The highest BCUT2D eigenvalue weighted by Crippen LogP contribution is 2.14. The van der Waals surface area contributed by atoms with Gasteiger partial charge < -0.3 is 9.88 Å². The zero-order valence-electron chi connectivity index (χ0n) is 16.8. The zero-order chi connectivity index (χ0) is 19.9. The fraction of sp³-hybridized carbons (Fsp3) is 0.333. The van der Waals surface area contributed by atoms with E-state index in [1.165, 1.54) is 37.9 Å². The Morgan fingerprint density at radius 3 is 2.21 bits per heavy atom. The third-order valence-electron chi connectivity index (χ3n) is 5.47. The summed E-state index contributed by atoms with van der Waals surface area (Å²) in [6, 6.07) is 16.3. The standard InChI is InChI=1S/C24H28N4O/c29-24(23-10-8-22(9-11-23)18-28-15-12-25-19-28)26-16-20-4-6-21(7-5-20)17-27-13-2-1-3-14-27/h4-12,15,19H,1-3,13-14,16-18H2,(H,26,29). The van der Waals surface area contributed by atoms with E-state index in [9.17, 15) is 4.79 Å². The van der Waals surface area contributed by atoms with E-state index < -0.39 is 0 Å². The van der Waals surface area contributed by atoms with Gasteiger partial charge in [0.25, 0.3) is 5.91 Å². The van der Waals surface area contributed by atoms with Gasteiger partial charge in [-0.3, -0.25) is 9.69 Å². The van der Waals surface area contributed by atoms with Gasteiger partial charge in [0.2, 0.25) is 0 Å². The molecule has 2 aromatic carbocycles. The lowest BCUT2D eigenvalue weighted by molar-refractivity contribution is 0.0951. The Bertz CT molecular complexity index is 895. The van der Waals surface area contributed by atoms with Gasteiger partial charge in [0, 0.05) is 37.6 Å². The molecule has 1 N–H and O–H groups in total. The topological polar surface area (TPSA) is 50.2 Å². The van der Waals surface area contributed by atoms with Crippen LogP contribution in [0.5, 0.6) is 0 Å². The van der Waals surface area contributed by atoms with Crippen molar-refractivity contribution in [3.8, 4) is 0 Å². The number of nitrogens with zero attached hydrogens (tertiary/aromatic N) is 3. The molecule has 5 nitrogen and oxygen atoms in total. The lowest BCUT2D eigenvalue weighted by Crippen LogP contribution is -2.29. The van der Waals surface area contributed by atoms with Crippen molar-refractivity contribution < 1.29 is 4.79 Å². The van der Waals surface area contributed by atoms with Crippen molar-refractivity contribution in [2.24, 2.45) is 0 Å². The quantitative estimate of drug-likeness (QED) is 0.669. The Balaban J connectivity index is 1.26. The lowest BCUT2D eigenvalue weighted by atomic mass is 10.1. The SMILES string of the molecule is O=C(NCc1ccc(CN2CCCCC2)cc1)c1ccc(Cn2ccnc2)cc1. The molecule has 1 aliphatic heterocycles. The van der Waals surface area contributed by atoms with Crippen LogP contribution in [0.3, 0.4) is 0 Å². The average molecular weight is 389 g/mol. The molecule has 1 aromatic heterocycles. The summed E-state index contributed by atoms with van der Waals surface area (Å²) in [6.45, 7) is 4.74. The molecule has 0 spiro atoms. The number of hydrogen-bond acceptors (Lipinski definition) is 3. The van der Waals surface area contributed by atoms with Gasteiger partial charge in [0.15, 0.2) is 0 Å². The van der Waals surface area contributed by atoms with Gasteiger partial charge in [-0.25, -0.2) is 4.98 Å². The van der Waals surface area contributed by atoms with Crippen LogP contribution in [-0.2, 0) is 19.6 Å². The lowest BCUT2D eigenvalue weighted by Gasteiger charge is -2.26. The van der Waals surface area contributed by atoms with E-state index in [0.29, 0.717) is 12.1 Å². The Hall–Kier alpha value is -2.92. The van der Waals surface area contributed by atoms with Crippen LogP contribution in [0, 0.1) is 0 Å². The summed E-state index contributed by atoms with van der Waals surface area (Å²) in [6.07, 6.45) is 9.48. The van der Waals surface area contributed by atoms with Crippen molar-refractivity contribution in [3.63, 3.8) is 0 Å². The Morgan fingerprint density at radius 2 is 1.52 bits per heavy atom. The van der Waals surface area contributed by atoms with E-state index in [1.54, 1.807) is 12.5 Å². The van der Waals surface area contributed by atoms with Crippen LogP contribution in [-0.4, -0.2) is 33.4 Å². The molecule has 0 saturated carbocycles. The predicted molar refractivity (Wildman–Crippen MR) is 115 cm³/mol. The highest BCUT2D eigenvalue weighted by atomic mass is 16.1. The van der Waals surface area contributed by atoms with E-state index in [2.05, 4.69) is 39.5 Å². The van der Waals surface area contributed by atoms with Crippen LogP contribution in [0.1, 0.15) is 46.3 Å². The average Bonchev–Trinajstić information content (AvgIpc) is 3.27. The summed E-state index contributed by atoms with van der Waals surface area (Å²) in [5.74, 6) is -0.0448. The first-order chi connectivity index (χ1) is 14.3. The second-order valence-corrected chi connectivity index (χ2v) is 7.77. The van der Waals surface area contributed by atoms with Crippen molar-refractivity contribution in [2.45, 2.75) is 38.9 Å². The van der Waals surface area contributed by atoms with Gasteiger partial charge >= 0.3 is 0 Å².